The van der Waals surface area contributed by atoms with Crippen molar-refractivity contribution in [3.63, 3.8) is 0 Å². The van der Waals surface area contributed by atoms with Gasteiger partial charge in [0.15, 0.2) is 0 Å². The average Bonchev–Trinajstić information content (AvgIpc) is 2.65. The number of hydrogen-bond donors (Lipinski definition) is 0. The Balaban J connectivity index is 1.78. The third-order valence-corrected chi connectivity index (χ3v) is 5.95. The molecule has 0 bridgehead atoms. The number of esters is 1. The first kappa shape index (κ1) is 11.0. The van der Waals surface area contributed by atoms with Gasteiger partial charge in [0.05, 0.1) is 11.5 Å². The third kappa shape index (κ3) is 1.04. The van der Waals surface area contributed by atoms with E-state index in [4.69, 9.17) is 9.47 Å². The average molecular weight is 248 g/mol. The molecule has 4 aliphatic rings. The molecular weight excluding hydrogens is 228 g/mol. The lowest BCUT2D eigenvalue weighted by atomic mass is 9.77. The van der Waals surface area contributed by atoms with E-state index in [1.54, 1.807) is 0 Å². The summed E-state index contributed by atoms with van der Waals surface area (Å²) in [6.07, 6.45) is 5.45. The van der Waals surface area contributed by atoms with E-state index in [1.165, 1.54) is 5.57 Å². The highest BCUT2D eigenvalue weighted by atomic mass is 16.6. The smallest absolute Gasteiger partial charge is 0.309 e. The zero-order valence-electron chi connectivity index (χ0n) is 11.2. The minimum absolute atomic E-state index is 0.0101. The van der Waals surface area contributed by atoms with E-state index in [0.717, 1.165) is 19.3 Å². The summed E-state index contributed by atoms with van der Waals surface area (Å²) < 4.78 is 11.9. The van der Waals surface area contributed by atoms with Crippen molar-refractivity contribution in [3.8, 4) is 0 Å². The highest BCUT2D eigenvalue weighted by Crippen LogP contribution is 2.67. The summed E-state index contributed by atoms with van der Waals surface area (Å²) in [5.74, 6) is 0.726. The van der Waals surface area contributed by atoms with Gasteiger partial charge in [-0.15, -0.1) is 0 Å². The largest absolute Gasteiger partial charge is 0.461 e. The molecule has 0 radical (unpaired) electrons. The topological polar surface area (TPSA) is 38.8 Å². The minimum Gasteiger partial charge on any atom is -0.461 e. The first-order valence-electron chi connectivity index (χ1n) is 7.06. The summed E-state index contributed by atoms with van der Waals surface area (Å²) in [4.78, 5) is 11.9. The number of fused-ring (bicyclic) bond motifs is 2. The number of epoxide rings is 1. The Hall–Kier alpha value is -0.830. The van der Waals surface area contributed by atoms with Crippen LogP contribution in [0.3, 0.4) is 0 Å². The number of hydrogen-bond acceptors (Lipinski definition) is 3. The van der Waals surface area contributed by atoms with Crippen molar-refractivity contribution in [3.05, 3.63) is 11.6 Å². The summed E-state index contributed by atoms with van der Waals surface area (Å²) in [5, 5.41) is 0. The molecule has 0 N–H and O–H groups in total. The molecule has 98 valence electrons. The van der Waals surface area contributed by atoms with Crippen molar-refractivity contribution in [1.29, 1.82) is 0 Å². The molecule has 0 aromatic rings. The van der Waals surface area contributed by atoms with Gasteiger partial charge in [0.1, 0.15) is 11.7 Å². The van der Waals surface area contributed by atoms with Crippen LogP contribution in [0, 0.1) is 17.8 Å². The molecule has 0 aromatic heterocycles. The first-order chi connectivity index (χ1) is 8.48. The Labute approximate surface area is 108 Å². The SMILES string of the molecule is CC1=CC[C@]23O[C@@]2(C)CC[C@H]2[C@H](OC(=O)[C@@H]2C)[C@@H]13. The Kier molecular flexibility index (Phi) is 1.84. The maximum Gasteiger partial charge on any atom is 0.309 e. The highest BCUT2D eigenvalue weighted by Gasteiger charge is 2.75. The van der Waals surface area contributed by atoms with E-state index in [2.05, 4.69) is 19.9 Å². The van der Waals surface area contributed by atoms with Gasteiger partial charge in [-0.3, -0.25) is 4.79 Å². The number of carbonyl (C=O) groups is 1. The zero-order valence-corrected chi connectivity index (χ0v) is 11.2. The molecule has 3 nitrogen and oxygen atoms in total. The fraction of sp³-hybridized carbons (Fsp3) is 0.800. The zero-order chi connectivity index (χ0) is 12.7. The van der Waals surface area contributed by atoms with E-state index in [-0.39, 0.29) is 29.2 Å². The molecular formula is C15H20O3. The van der Waals surface area contributed by atoms with Crippen LogP contribution in [0.1, 0.15) is 40.0 Å². The van der Waals surface area contributed by atoms with Crippen LogP contribution in [0.4, 0.5) is 0 Å². The third-order valence-electron chi connectivity index (χ3n) is 5.95. The molecule has 18 heavy (non-hydrogen) atoms. The summed E-state index contributed by atoms with van der Waals surface area (Å²) >= 11 is 0. The van der Waals surface area contributed by atoms with Crippen LogP contribution in [0.15, 0.2) is 11.6 Å². The van der Waals surface area contributed by atoms with Gasteiger partial charge in [-0.05, 0) is 33.1 Å². The summed E-state index contributed by atoms with van der Waals surface area (Å²) in [6, 6.07) is 0. The molecule has 3 fully saturated rings. The fourth-order valence-electron chi connectivity index (χ4n) is 4.71. The molecule has 2 aliphatic heterocycles. The van der Waals surface area contributed by atoms with E-state index >= 15 is 0 Å². The fourth-order valence-corrected chi connectivity index (χ4v) is 4.71. The second-order valence-electron chi connectivity index (χ2n) is 6.75. The quantitative estimate of drug-likeness (QED) is 0.375. The van der Waals surface area contributed by atoms with Gasteiger partial charge in [0.2, 0.25) is 0 Å². The van der Waals surface area contributed by atoms with E-state index < -0.39 is 0 Å². The molecule has 6 atom stereocenters. The van der Waals surface area contributed by atoms with Gasteiger partial charge in [0, 0.05) is 11.8 Å². The second-order valence-corrected chi connectivity index (χ2v) is 6.75. The molecule has 3 heteroatoms. The van der Waals surface area contributed by atoms with Gasteiger partial charge >= 0.3 is 5.97 Å². The molecule has 4 rings (SSSR count). The monoisotopic (exact) mass is 248 g/mol. The molecule has 0 amide bonds. The van der Waals surface area contributed by atoms with Crippen LogP contribution in [-0.2, 0) is 14.3 Å². The van der Waals surface area contributed by atoms with Crippen LogP contribution >= 0.6 is 0 Å². The van der Waals surface area contributed by atoms with Gasteiger partial charge in [-0.2, -0.15) is 0 Å². The van der Waals surface area contributed by atoms with Crippen molar-refractivity contribution < 1.29 is 14.3 Å². The molecule has 2 saturated heterocycles. The maximum absolute atomic E-state index is 11.9. The van der Waals surface area contributed by atoms with Crippen molar-refractivity contribution in [2.75, 3.05) is 0 Å². The van der Waals surface area contributed by atoms with E-state index in [0.29, 0.717) is 11.8 Å². The number of ether oxygens (including phenoxy) is 2. The van der Waals surface area contributed by atoms with Crippen molar-refractivity contribution in [2.24, 2.45) is 17.8 Å². The van der Waals surface area contributed by atoms with Gasteiger partial charge in [-0.25, -0.2) is 0 Å². The van der Waals surface area contributed by atoms with Crippen molar-refractivity contribution in [1.82, 2.24) is 0 Å². The highest BCUT2D eigenvalue weighted by molar-refractivity contribution is 5.75. The summed E-state index contributed by atoms with van der Waals surface area (Å²) in [6.45, 7) is 6.43. The van der Waals surface area contributed by atoms with Gasteiger partial charge in [-0.1, -0.05) is 18.6 Å². The Morgan fingerprint density at radius 2 is 2.22 bits per heavy atom. The lowest BCUT2D eigenvalue weighted by Gasteiger charge is -2.27. The predicted octanol–water partition coefficient (Wildman–Crippen LogP) is 2.45. The summed E-state index contributed by atoms with van der Waals surface area (Å²) in [5.41, 5.74) is 1.32. The maximum atomic E-state index is 11.9. The van der Waals surface area contributed by atoms with Gasteiger partial charge in [0.25, 0.3) is 0 Å². The second kappa shape index (κ2) is 3.01. The molecule has 2 aliphatic carbocycles. The molecule has 2 heterocycles. The standard InChI is InChI=1S/C15H20O3/c1-8-4-7-15-11(8)12-10(9(2)13(16)17-12)5-6-14(15,3)18-15/h4,9-12H,5-7H2,1-3H3/t9-,10-,11-,12+,14+,15-/m1/s1. The van der Waals surface area contributed by atoms with Crippen LogP contribution in [0.5, 0.6) is 0 Å². The van der Waals surface area contributed by atoms with Crippen molar-refractivity contribution >= 4 is 5.97 Å². The first-order valence-corrected chi connectivity index (χ1v) is 7.06. The Morgan fingerprint density at radius 3 is 3.00 bits per heavy atom. The molecule has 0 unspecified atom stereocenters. The van der Waals surface area contributed by atoms with Crippen LogP contribution < -0.4 is 0 Å². The molecule has 1 spiro atoms. The van der Waals surface area contributed by atoms with E-state index in [9.17, 15) is 4.79 Å². The normalized spacial score (nSPS) is 57.1. The van der Waals surface area contributed by atoms with Crippen LogP contribution in [0.2, 0.25) is 0 Å². The minimum atomic E-state index is -0.0547. The van der Waals surface area contributed by atoms with Crippen LogP contribution in [-0.4, -0.2) is 23.3 Å². The van der Waals surface area contributed by atoms with Gasteiger partial charge < -0.3 is 9.47 Å². The summed E-state index contributed by atoms with van der Waals surface area (Å²) in [7, 11) is 0. The molecule has 0 aromatic carbocycles. The Morgan fingerprint density at radius 1 is 1.44 bits per heavy atom. The predicted molar refractivity (Wildman–Crippen MR) is 65.9 cm³/mol. The number of carbonyl (C=O) groups excluding carboxylic acids is 1. The Bertz CT molecular complexity index is 468. The lowest BCUT2D eigenvalue weighted by Crippen LogP contribution is -2.37. The number of rotatable bonds is 0. The van der Waals surface area contributed by atoms with E-state index in [1.807, 2.05) is 6.92 Å². The molecule has 1 saturated carbocycles. The van der Waals surface area contributed by atoms with Crippen LogP contribution in [0.25, 0.3) is 0 Å². The lowest BCUT2D eigenvalue weighted by molar-refractivity contribution is -0.145. The van der Waals surface area contributed by atoms with Crippen molar-refractivity contribution in [2.45, 2.75) is 57.3 Å².